The molecule has 0 unspecified atom stereocenters. The molecule has 6 heteroatoms. The smallest absolute Gasteiger partial charge is 0.193 e. The number of ketones is 1. The highest BCUT2D eigenvalue weighted by Gasteiger charge is 2.26. The molecule has 0 aliphatic heterocycles. The lowest BCUT2D eigenvalue weighted by Crippen LogP contribution is -2.02. The summed E-state index contributed by atoms with van der Waals surface area (Å²) in [6.07, 6.45) is 2.70. The van der Waals surface area contributed by atoms with Crippen LogP contribution in [0.5, 0.6) is 17.2 Å². The Hall–Kier alpha value is -3.41. The zero-order chi connectivity index (χ0) is 17.0. The van der Waals surface area contributed by atoms with Crippen LogP contribution in [-0.4, -0.2) is 33.7 Å². The Morgan fingerprint density at radius 1 is 0.826 bits per heavy atom. The first kappa shape index (κ1) is 16.0. The van der Waals surface area contributed by atoms with Gasteiger partial charge in [-0.05, 0) is 11.6 Å². The average molecular weight is 312 g/mol. The van der Waals surface area contributed by atoms with Gasteiger partial charge in [0.05, 0.1) is 11.1 Å². The molecule has 116 valence electrons. The first-order valence-corrected chi connectivity index (χ1v) is 6.50. The summed E-state index contributed by atoms with van der Waals surface area (Å²) in [6, 6.07) is 8.77. The standard InChI is InChI=1S/C17H12O6/c18-8-11-15(21)12(9-19)17(23)14(16(11)22)13(20)7-6-10-4-2-1-3-5-10/h1-9,21-23H. The number of aldehydes is 2. The van der Waals surface area contributed by atoms with Crippen LogP contribution in [0.15, 0.2) is 36.4 Å². The van der Waals surface area contributed by atoms with E-state index in [-0.39, 0.29) is 12.6 Å². The molecule has 23 heavy (non-hydrogen) atoms. The van der Waals surface area contributed by atoms with Gasteiger partial charge < -0.3 is 15.3 Å². The minimum absolute atomic E-state index is 0.0921. The number of benzene rings is 2. The number of hydrogen-bond acceptors (Lipinski definition) is 6. The number of phenolic OH excluding ortho intramolecular Hbond substituents is 3. The minimum Gasteiger partial charge on any atom is -0.506 e. The van der Waals surface area contributed by atoms with Crippen LogP contribution in [0.3, 0.4) is 0 Å². The third-order valence-electron chi connectivity index (χ3n) is 3.20. The van der Waals surface area contributed by atoms with Gasteiger partial charge in [0.25, 0.3) is 0 Å². The van der Waals surface area contributed by atoms with Crippen molar-refractivity contribution in [2.75, 3.05) is 0 Å². The summed E-state index contributed by atoms with van der Waals surface area (Å²) in [7, 11) is 0. The van der Waals surface area contributed by atoms with Gasteiger partial charge in [-0.25, -0.2) is 0 Å². The first-order valence-electron chi connectivity index (χ1n) is 6.50. The van der Waals surface area contributed by atoms with Crippen LogP contribution in [0.4, 0.5) is 0 Å². The molecule has 0 heterocycles. The van der Waals surface area contributed by atoms with Gasteiger partial charge in [0.15, 0.2) is 18.4 Å². The maximum atomic E-state index is 12.2. The van der Waals surface area contributed by atoms with E-state index in [2.05, 4.69) is 0 Å². The van der Waals surface area contributed by atoms with Crippen molar-refractivity contribution in [1.29, 1.82) is 0 Å². The molecule has 2 aromatic carbocycles. The third kappa shape index (κ3) is 2.96. The third-order valence-corrected chi connectivity index (χ3v) is 3.20. The van der Waals surface area contributed by atoms with Crippen LogP contribution >= 0.6 is 0 Å². The van der Waals surface area contributed by atoms with E-state index in [1.807, 2.05) is 0 Å². The molecule has 0 atom stereocenters. The van der Waals surface area contributed by atoms with E-state index in [0.717, 1.165) is 6.08 Å². The SMILES string of the molecule is O=Cc1c(O)c(C=O)c(O)c(C(=O)C=Cc2ccccc2)c1O. The molecule has 2 aromatic rings. The lowest BCUT2D eigenvalue weighted by molar-refractivity contribution is 0.104. The zero-order valence-corrected chi connectivity index (χ0v) is 11.8. The Labute approximate surface area is 130 Å². The molecule has 0 radical (unpaired) electrons. The second-order valence-electron chi connectivity index (χ2n) is 4.59. The fourth-order valence-corrected chi connectivity index (χ4v) is 2.03. The highest BCUT2D eigenvalue weighted by Crippen LogP contribution is 2.40. The second kappa shape index (κ2) is 6.57. The van der Waals surface area contributed by atoms with Crippen molar-refractivity contribution in [2.45, 2.75) is 0 Å². The van der Waals surface area contributed by atoms with Gasteiger partial charge in [0, 0.05) is 0 Å². The number of phenols is 3. The summed E-state index contributed by atoms with van der Waals surface area (Å²) in [5.74, 6) is -3.48. The van der Waals surface area contributed by atoms with Crippen molar-refractivity contribution in [2.24, 2.45) is 0 Å². The summed E-state index contributed by atoms with van der Waals surface area (Å²) in [5, 5.41) is 29.5. The number of carbonyl (C=O) groups is 3. The van der Waals surface area contributed by atoms with Crippen LogP contribution in [0, 0.1) is 0 Å². The molecule has 0 aromatic heterocycles. The summed E-state index contributed by atoms with van der Waals surface area (Å²) < 4.78 is 0. The maximum absolute atomic E-state index is 12.2. The van der Waals surface area contributed by atoms with Gasteiger partial charge in [-0.2, -0.15) is 0 Å². The molecular formula is C17H12O6. The van der Waals surface area contributed by atoms with E-state index in [4.69, 9.17) is 0 Å². The maximum Gasteiger partial charge on any atom is 0.193 e. The van der Waals surface area contributed by atoms with Gasteiger partial charge in [-0.3, -0.25) is 14.4 Å². The lowest BCUT2D eigenvalue weighted by atomic mass is 9.98. The zero-order valence-electron chi connectivity index (χ0n) is 11.8. The average Bonchev–Trinajstić information content (AvgIpc) is 2.54. The van der Waals surface area contributed by atoms with E-state index in [9.17, 15) is 29.7 Å². The normalized spacial score (nSPS) is 10.6. The molecule has 0 aliphatic carbocycles. The Morgan fingerprint density at radius 3 is 1.83 bits per heavy atom. The Morgan fingerprint density at radius 2 is 1.35 bits per heavy atom. The topological polar surface area (TPSA) is 112 Å². The van der Waals surface area contributed by atoms with Gasteiger partial charge in [-0.15, -0.1) is 0 Å². The van der Waals surface area contributed by atoms with E-state index in [1.54, 1.807) is 30.3 Å². The van der Waals surface area contributed by atoms with Gasteiger partial charge in [-0.1, -0.05) is 36.4 Å². The van der Waals surface area contributed by atoms with E-state index in [1.165, 1.54) is 6.08 Å². The predicted octanol–water partition coefficient (Wildman–Crippen LogP) is 2.32. The molecule has 0 amide bonds. The number of aromatic hydroxyl groups is 3. The van der Waals surface area contributed by atoms with Crippen molar-refractivity contribution in [3.05, 3.63) is 58.7 Å². The van der Waals surface area contributed by atoms with Crippen LogP contribution in [0.1, 0.15) is 36.6 Å². The molecule has 0 spiro atoms. The van der Waals surface area contributed by atoms with Crippen molar-refractivity contribution in [3.8, 4) is 17.2 Å². The molecule has 2 rings (SSSR count). The first-order chi connectivity index (χ1) is 11.0. The molecule has 0 saturated carbocycles. The number of carbonyl (C=O) groups excluding carboxylic acids is 3. The second-order valence-corrected chi connectivity index (χ2v) is 4.59. The van der Waals surface area contributed by atoms with E-state index < -0.39 is 39.7 Å². The fraction of sp³-hybridized carbons (Fsp3) is 0. The highest BCUT2D eigenvalue weighted by atomic mass is 16.3. The van der Waals surface area contributed by atoms with Gasteiger partial charge in [0.2, 0.25) is 0 Å². The predicted molar refractivity (Wildman–Crippen MR) is 82.0 cm³/mol. The number of hydrogen-bond donors (Lipinski definition) is 3. The Balaban J connectivity index is 2.54. The van der Waals surface area contributed by atoms with Crippen LogP contribution in [0.25, 0.3) is 6.08 Å². The van der Waals surface area contributed by atoms with Crippen molar-refractivity contribution in [3.63, 3.8) is 0 Å². The fourth-order valence-electron chi connectivity index (χ4n) is 2.03. The lowest BCUT2D eigenvalue weighted by Gasteiger charge is -2.11. The Bertz CT molecular complexity index is 771. The van der Waals surface area contributed by atoms with E-state index in [0.29, 0.717) is 5.56 Å². The number of rotatable bonds is 5. The van der Waals surface area contributed by atoms with Crippen LogP contribution < -0.4 is 0 Å². The summed E-state index contributed by atoms with van der Waals surface area (Å²) >= 11 is 0. The van der Waals surface area contributed by atoms with Crippen molar-refractivity contribution in [1.82, 2.24) is 0 Å². The molecule has 0 saturated heterocycles. The van der Waals surface area contributed by atoms with Gasteiger partial charge in [0.1, 0.15) is 22.8 Å². The van der Waals surface area contributed by atoms with Gasteiger partial charge >= 0.3 is 0 Å². The molecule has 0 bridgehead atoms. The molecule has 6 nitrogen and oxygen atoms in total. The molecule has 0 aliphatic rings. The van der Waals surface area contributed by atoms with Crippen LogP contribution in [0.2, 0.25) is 0 Å². The highest BCUT2D eigenvalue weighted by molar-refractivity contribution is 6.14. The quantitative estimate of drug-likeness (QED) is 0.444. The minimum atomic E-state index is -0.886. The summed E-state index contributed by atoms with van der Waals surface area (Å²) in [6.45, 7) is 0. The summed E-state index contributed by atoms with van der Waals surface area (Å²) in [5.41, 5.74) is -1.20. The molecule has 3 N–H and O–H groups in total. The largest absolute Gasteiger partial charge is 0.506 e. The van der Waals surface area contributed by atoms with E-state index >= 15 is 0 Å². The monoisotopic (exact) mass is 312 g/mol. The summed E-state index contributed by atoms with van der Waals surface area (Å²) in [4.78, 5) is 34.1. The molecule has 0 fully saturated rings. The van der Waals surface area contributed by atoms with Crippen molar-refractivity contribution < 1.29 is 29.7 Å². The number of allylic oxidation sites excluding steroid dienone is 1. The molecular weight excluding hydrogens is 300 g/mol. The van der Waals surface area contributed by atoms with Crippen LogP contribution in [-0.2, 0) is 0 Å². The Kier molecular flexibility index (Phi) is 4.56. The van der Waals surface area contributed by atoms with Crippen molar-refractivity contribution >= 4 is 24.4 Å².